The molecule has 0 saturated heterocycles. The molecule has 0 radical (unpaired) electrons. The van der Waals surface area contributed by atoms with Gasteiger partial charge in [0.05, 0.1) is 12.4 Å². The van der Waals surface area contributed by atoms with Gasteiger partial charge in [-0.2, -0.15) is 12.7 Å². The summed E-state index contributed by atoms with van der Waals surface area (Å²) < 4.78 is 28.6. The smallest absolute Gasteiger partial charge is 0.253 e. The Labute approximate surface area is 116 Å². The second-order valence-electron chi connectivity index (χ2n) is 3.73. The normalized spacial score (nSPS) is 11.8. The van der Waals surface area contributed by atoms with Gasteiger partial charge >= 0.3 is 10.2 Å². The largest absolute Gasteiger partial charge is 0.302 e. The minimum atomic E-state index is -3.55. The van der Waals surface area contributed by atoms with E-state index < -0.39 is 10.2 Å². The summed E-state index contributed by atoms with van der Waals surface area (Å²) in [5.74, 6) is 0.218. The van der Waals surface area contributed by atoms with Crippen LogP contribution in [0.15, 0.2) is 17.0 Å². The summed E-state index contributed by atoms with van der Waals surface area (Å²) in [5.41, 5.74) is 0. The van der Waals surface area contributed by atoms with E-state index in [9.17, 15) is 8.42 Å². The molecule has 0 aliphatic rings. The molecule has 1 rings (SSSR count). The first-order valence-corrected chi connectivity index (χ1v) is 7.98. The lowest BCUT2D eigenvalue weighted by Gasteiger charge is -2.21. The third-order valence-corrected chi connectivity index (χ3v) is 4.06. The molecule has 18 heavy (non-hydrogen) atoms. The van der Waals surface area contributed by atoms with E-state index >= 15 is 0 Å². The fraction of sp³-hybridized carbons (Fsp3) is 0.600. The molecule has 8 heteroatoms. The van der Waals surface area contributed by atoms with Crippen molar-refractivity contribution < 1.29 is 8.42 Å². The second-order valence-corrected chi connectivity index (χ2v) is 6.21. The van der Waals surface area contributed by atoms with Gasteiger partial charge in [0, 0.05) is 13.1 Å². The van der Waals surface area contributed by atoms with E-state index in [1.807, 2.05) is 13.8 Å². The standard InChI is InChI=1S/C10H17BrN4O2S/c1-3-5-15(6-4-2)18(16,17)14-10-8-12-9(11)7-13-10/h7-8H,3-6H2,1-2H3,(H,13,14). The number of hydrogen-bond acceptors (Lipinski definition) is 4. The van der Waals surface area contributed by atoms with E-state index in [-0.39, 0.29) is 5.82 Å². The summed E-state index contributed by atoms with van der Waals surface area (Å²) in [4.78, 5) is 7.86. The van der Waals surface area contributed by atoms with E-state index in [0.29, 0.717) is 17.7 Å². The highest BCUT2D eigenvalue weighted by Crippen LogP contribution is 2.11. The van der Waals surface area contributed by atoms with Gasteiger partial charge in [0.2, 0.25) is 0 Å². The van der Waals surface area contributed by atoms with E-state index in [4.69, 9.17) is 0 Å². The van der Waals surface area contributed by atoms with Gasteiger partial charge in [0.15, 0.2) is 5.82 Å². The molecule has 6 nitrogen and oxygen atoms in total. The Morgan fingerprint density at radius 3 is 2.28 bits per heavy atom. The molecule has 1 aromatic heterocycles. The number of anilines is 1. The summed E-state index contributed by atoms with van der Waals surface area (Å²) in [6.07, 6.45) is 4.36. The Balaban J connectivity index is 2.81. The van der Waals surface area contributed by atoms with Crippen LogP contribution in [-0.4, -0.2) is 35.8 Å². The second kappa shape index (κ2) is 7.01. The molecular formula is C10H17BrN4O2S. The van der Waals surface area contributed by atoms with Crippen LogP contribution in [0, 0.1) is 0 Å². The van der Waals surface area contributed by atoms with Crippen LogP contribution in [0.5, 0.6) is 0 Å². The van der Waals surface area contributed by atoms with Crippen LogP contribution in [0.4, 0.5) is 5.82 Å². The van der Waals surface area contributed by atoms with Crippen molar-refractivity contribution in [3.05, 3.63) is 17.0 Å². The first kappa shape index (κ1) is 15.3. The van der Waals surface area contributed by atoms with Gasteiger partial charge in [-0.1, -0.05) is 13.8 Å². The van der Waals surface area contributed by atoms with Gasteiger partial charge in [0.25, 0.3) is 0 Å². The first-order valence-electron chi connectivity index (χ1n) is 5.75. The highest BCUT2D eigenvalue weighted by atomic mass is 79.9. The Hall–Kier alpha value is -0.730. The van der Waals surface area contributed by atoms with Crippen LogP contribution in [0.2, 0.25) is 0 Å². The molecule has 1 aromatic rings. The van der Waals surface area contributed by atoms with Crippen molar-refractivity contribution in [2.24, 2.45) is 0 Å². The molecule has 0 spiro atoms. The van der Waals surface area contributed by atoms with Crippen LogP contribution >= 0.6 is 15.9 Å². The van der Waals surface area contributed by atoms with Gasteiger partial charge in [-0.25, -0.2) is 9.97 Å². The van der Waals surface area contributed by atoms with Gasteiger partial charge in [0.1, 0.15) is 4.60 Å². The molecule has 0 atom stereocenters. The summed E-state index contributed by atoms with van der Waals surface area (Å²) in [6, 6.07) is 0. The first-order chi connectivity index (χ1) is 8.49. The predicted molar refractivity (Wildman–Crippen MR) is 74.4 cm³/mol. The maximum absolute atomic E-state index is 12.1. The van der Waals surface area contributed by atoms with Crippen LogP contribution < -0.4 is 4.72 Å². The number of nitrogens with zero attached hydrogens (tertiary/aromatic N) is 3. The van der Waals surface area contributed by atoms with E-state index in [1.54, 1.807) is 0 Å². The van der Waals surface area contributed by atoms with Gasteiger partial charge in [-0.3, -0.25) is 4.72 Å². The maximum atomic E-state index is 12.1. The highest BCUT2D eigenvalue weighted by Gasteiger charge is 2.20. The molecule has 1 N–H and O–H groups in total. The minimum absolute atomic E-state index is 0.218. The molecule has 1 heterocycles. The molecule has 0 aromatic carbocycles. The van der Waals surface area contributed by atoms with Crippen LogP contribution in [0.3, 0.4) is 0 Å². The summed E-state index contributed by atoms with van der Waals surface area (Å²) in [5, 5.41) is 0. The molecule has 0 saturated carbocycles. The van der Waals surface area contributed by atoms with Gasteiger partial charge in [-0.05, 0) is 28.8 Å². The monoisotopic (exact) mass is 336 g/mol. The summed E-state index contributed by atoms with van der Waals surface area (Å²) in [7, 11) is -3.55. The predicted octanol–water partition coefficient (Wildman–Crippen LogP) is 2.02. The number of hydrogen-bond donors (Lipinski definition) is 1. The lowest BCUT2D eigenvalue weighted by atomic mass is 10.4. The Kier molecular flexibility index (Phi) is 5.97. The molecule has 0 amide bonds. The van der Waals surface area contributed by atoms with Crippen LogP contribution in [0.25, 0.3) is 0 Å². The van der Waals surface area contributed by atoms with Crippen molar-refractivity contribution in [2.75, 3.05) is 17.8 Å². The highest BCUT2D eigenvalue weighted by molar-refractivity contribution is 9.10. The minimum Gasteiger partial charge on any atom is -0.253 e. The summed E-state index contributed by atoms with van der Waals surface area (Å²) >= 11 is 3.14. The fourth-order valence-electron chi connectivity index (χ4n) is 1.41. The zero-order valence-corrected chi connectivity index (χ0v) is 12.8. The lowest BCUT2D eigenvalue weighted by molar-refractivity contribution is 0.413. The quantitative estimate of drug-likeness (QED) is 0.826. The Bertz CT molecular complexity index is 457. The molecule has 0 fully saturated rings. The Morgan fingerprint density at radius 1 is 1.22 bits per heavy atom. The lowest BCUT2D eigenvalue weighted by Crippen LogP contribution is -2.37. The van der Waals surface area contributed by atoms with Gasteiger partial charge < -0.3 is 0 Å². The zero-order valence-electron chi connectivity index (χ0n) is 10.4. The molecular weight excluding hydrogens is 320 g/mol. The zero-order chi connectivity index (χ0) is 13.6. The summed E-state index contributed by atoms with van der Waals surface area (Å²) in [6.45, 7) is 4.87. The third-order valence-electron chi connectivity index (χ3n) is 2.14. The number of rotatable bonds is 7. The van der Waals surface area contributed by atoms with E-state index in [1.165, 1.54) is 16.7 Å². The molecule has 0 aliphatic heterocycles. The average molecular weight is 337 g/mol. The van der Waals surface area contributed by atoms with E-state index in [0.717, 1.165) is 12.8 Å². The number of nitrogens with one attached hydrogen (secondary N) is 1. The van der Waals surface area contributed by atoms with Crippen molar-refractivity contribution in [3.63, 3.8) is 0 Å². The van der Waals surface area contributed by atoms with Crippen LogP contribution in [-0.2, 0) is 10.2 Å². The van der Waals surface area contributed by atoms with Gasteiger partial charge in [-0.15, -0.1) is 0 Å². The third kappa shape index (κ3) is 4.51. The van der Waals surface area contributed by atoms with E-state index in [2.05, 4.69) is 30.6 Å². The molecule has 0 unspecified atom stereocenters. The number of aromatic nitrogens is 2. The van der Waals surface area contributed by atoms with Crippen molar-refractivity contribution in [3.8, 4) is 0 Å². The van der Waals surface area contributed by atoms with Crippen molar-refractivity contribution in [2.45, 2.75) is 26.7 Å². The molecule has 102 valence electrons. The van der Waals surface area contributed by atoms with Crippen molar-refractivity contribution in [1.29, 1.82) is 0 Å². The van der Waals surface area contributed by atoms with Crippen molar-refractivity contribution in [1.82, 2.24) is 14.3 Å². The van der Waals surface area contributed by atoms with Crippen molar-refractivity contribution >= 4 is 32.0 Å². The molecule has 0 aliphatic carbocycles. The Morgan fingerprint density at radius 2 is 1.83 bits per heavy atom. The fourth-order valence-corrected chi connectivity index (χ4v) is 2.96. The average Bonchev–Trinajstić information content (AvgIpc) is 2.32. The number of halogens is 1. The molecule has 0 bridgehead atoms. The topological polar surface area (TPSA) is 75.2 Å². The SMILES string of the molecule is CCCN(CCC)S(=O)(=O)Nc1cnc(Br)cn1. The maximum Gasteiger partial charge on any atom is 0.302 e. The van der Waals surface area contributed by atoms with Crippen LogP contribution in [0.1, 0.15) is 26.7 Å².